The molecule has 1 aromatic carbocycles. The van der Waals surface area contributed by atoms with Crippen LogP contribution in [0.4, 0.5) is 0 Å². The van der Waals surface area contributed by atoms with Gasteiger partial charge in [-0.15, -0.1) is 0 Å². The number of hydrogen-bond donors (Lipinski definition) is 0. The van der Waals surface area contributed by atoms with Crippen molar-refractivity contribution in [3.63, 3.8) is 0 Å². The van der Waals surface area contributed by atoms with Crippen LogP contribution < -0.4 is 0 Å². The van der Waals surface area contributed by atoms with Crippen LogP contribution in [0.2, 0.25) is 0 Å². The normalized spacial score (nSPS) is 11.4. The number of ether oxygens (including phenoxy) is 1. The van der Waals surface area contributed by atoms with Gasteiger partial charge >= 0.3 is 5.97 Å². The molecule has 0 N–H and O–H groups in total. The molecule has 0 spiro atoms. The number of carbonyl (C=O) groups is 1. The molecular weight excluding hydrogens is 224 g/mol. The molecule has 0 amide bonds. The van der Waals surface area contributed by atoms with E-state index in [-0.39, 0.29) is 5.97 Å². The Morgan fingerprint density at radius 3 is 2.72 bits per heavy atom. The lowest BCUT2D eigenvalue weighted by atomic mass is 10.0. The summed E-state index contributed by atoms with van der Waals surface area (Å²) in [4.78, 5) is 10.8. The van der Waals surface area contributed by atoms with Crippen LogP contribution in [-0.2, 0) is 16.0 Å². The van der Waals surface area contributed by atoms with Gasteiger partial charge in [0.25, 0.3) is 0 Å². The largest absolute Gasteiger partial charge is 0.461 e. The summed E-state index contributed by atoms with van der Waals surface area (Å²) in [6.07, 6.45) is 5.27. The average Bonchev–Trinajstić information content (AvgIpc) is 2.35. The first kappa shape index (κ1) is 14.5. The smallest absolute Gasteiger partial charge is 0.302 e. The van der Waals surface area contributed by atoms with Crippen LogP contribution in [0.3, 0.4) is 0 Å². The molecule has 98 valence electrons. The van der Waals surface area contributed by atoms with E-state index in [0.29, 0.717) is 6.61 Å². The van der Waals surface area contributed by atoms with Gasteiger partial charge in [-0.2, -0.15) is 0 Å². The van der Waals surface area contributed by atoms with E-state index >= 15 is 0 Å². The van der Waals surface area contributed by atoms with E-state index in [1.165, 1.54) is 18.1 Å². The van der Waals surface area contributed by atoms with Gasteiger partial charge in [0.2, 0.25) is 0 Å². The summed E-state index contributed by atoms with van der Waals surface area (Å²) in [6.45, 7) is 6.09. The zero-order valence-electron chi connectivity index (χ0n) is 11.5. The van der Waals surface area contributed by atoms with Crippen LogP contribution in [0, 0.1) is 0 Å². The Kier molecular flexibility index (Phi) is 6.20. The van der Waals surface area contributed by atoms with Crippen LogP contribution in [-0.4, -0.2) is 12.6 Å². The minimum Gasteiger partial charge on any atom is -0.461 e. The molecule has 0 saturated carbocycles. The molecule has 0 atom stereocenters. The van der Waals surface area contributed by atoms with Crippen LogP contribution >= 0.6 is 0 Å². The van der Waals surface area contributed by atoms with Gasteiger partial charge in [0.05, 0.1) is 0 Å². The predicted octanol–water partition coefficient (Wildman–Crippen LogP) is 4.00. The summed E-state index contributed by atoms with van der Waals surface area (Å²) in [5, 5.41) is 0. The molecule has 0 unspecified atom stereocenters. The highest BCUT2D eigenvalue weighted by Crippen LogP contribution is 2.13. The molecular formula is C16H22O2. The lowest BCUT2D eigenvalue weighted by Crippen LogP contribution is -2.02. The highest BCUT2D eigenvalue weighted by atomic mass is 16.5. The fourth-order valence-electron chi connectivity index (χ4n) is 1.80. The summed E-state index contributed by atoms with van der Waals surface area (Å²) in [5.74, 6) is -0.228. The Bertz CT molecular complexity index is 419. The van der Waals surface area contributed by atoms with E-state index < -0.39 is 0 Å². The molecule has 1 rings (SSSR count). The van der Waals surface area contributed by atoms with Crippen molar-refractivity contribution in [3.8, 4) is 0 Å². The maximum absolute atomic E-state index is 10.8. The van der Waals surface area contributed by atoms with Crippen molar-refractivity contribution in [1.29, 1.82) is 0 Å². The molecule has 0 aliphatic carbocycles. The lowest BCUT2D eigenvalue weighted by molar-refractivity contribution is -0.139. The highest BCUT2D eigenvalue weighted by Gasteiger charge is 1.99. The second-order valence-corrected chi connectivity index (χ2v) is 4.43. The zero-order valence-corrected chi connectivity index (χ0v) is 11.5. The minimum absolute atomic E-state index is 0.228. The second kappa shape index (κ2) is 7.70. The number of esters is 1. The molecule has 0 aliphatic rings. The van der Waals surface area contributed by atoms with Crippen molar-refractivity contribution in [2.45, 2.75) is 40.0 Å². The Hall–Kier alpha value is -1.57. The monoisotopic (exact) mass is 246 g/mol. The molecule has 18 heavy (non-hydrogen) atoms. The first-order chi connectivity index (χ1) is 8.65. The van der Waals surface area contributed by atoms with E-state index in [1.807, 2.05) is 0 Å². The van der Waals surface area contributed by atoms with Crippen molar-refractivity contribution in [2.24, 2.45) is 0 Å². The van der Waals surface area contributed by atoms with Crippen molar-refractivity contribution >= 4 is 12.0 Å². The van der Waals surface area contributed by atoms with Crippen molar-refractivity contribution in [1.82, 2.24) is 0 Å². The van der Waals surface area contributed by atoms with Crippen molar-refractivity contribution < 1.29 is 9.53 Å². The standard InChI is InChI=1S/C16H22O2/c1-4-7-15-8-6-9-16(11-15)10-14(5-2)12-18-13(3)17/h6,8-11H,4-5,7,12H2,1-3H3. The fraction of sp³-hybridized carbons (Fsp3) is 0.438. The molecule has 1 aromatic rings. The van der Waals surface area contributed by atoms with Gasteiger partial charge in [0.1, 0.15) is 6.61 Å². The topological polar surface area (TPSA) is 26.3 Å². The Labute approximate surface area is 110 Å². The highest BCUT2D eigenvalue weighted by molar-refractivity contribution is 5.66. The zero-order chi connectivity index (χ0) is 13.4. The number of benzene rings is 1. The summed E-state index contributed by atoms with van der Waals surface area (Å²) < 4.78 is 5.04. The van der Waals surface area contributed by atoms with Gasteiger partial charge in [0, 0.05) is 6.92 Å². The van der Waals surface area contributed by atoms with Crippen LogP contribution in [0.15, 0.2) is 29.8 Å². The minimum atomic E-state index is -0.228. The Balaban J connectivity index is 2.77. The molecule has 0 heterocycles. The third kappa shape index (κ3) is 5.17. The Morgan fingerprint density at radius 1 is 1.33 bits per heavy atom. The number of aryl methyl sites for hydroxylation is 1. The average molecular weight is 246 g/mol. The van der Waals surface area contributed by atoms with E-state index in [1.54, 1.807) is 0 Å². The molecule has 0 fully saturated rings. The molecule has 2 heteroatoms. The van der Waals surface area contributed by atoms with E-state index in [9.17, 15) is 4.79 Å². The van der Waals surface area contributed by atoms with Crippen molar-refractivity contribution in [2.75, 3.05) is 6.61 Å². The van der Waals surface area contributed by atoms with Crippen LogP contribution in [0.25, 0.3) is 6.08 Å². The third-order valence-corrected chi connectivity index (χ3v) is 2.78. The summed E-state index contributed by atoms with van der Waals surface area (Å²) in [7, 11) is 0. The van der Waals surface area contributed by atoms with Gasteiger partial charge in [-0.3, -0.25) is 4.79 Å². The van der Waals surface area contributed by atoms with E-state index in [2.05, 4.69) is 44.2 Å². The first-order valence-corrected chi connectivity index (χ1v) is 6.57. The molecule has 0 radical (unpaired) electrons. The lowest BCUT2D eigenvalue weighted by Gasteiger charge is -2.06. The molecule has 2 nitrogen and oxygen atoms in total. The number of carbonyl (C=O) groups excluding carboxylic acids is 1. The fourth-order valence-corrected chi connectivity index (χ4v) is 1.80. The van der Waals surface area contributed by atoms with Crippen molar-refractivity contribution in [3.05, 3.63) is 41.0 Å². The second-order valence-electron chi connectivity index (χ2n) is 4.43. The van der Waals surface area contributed by atoms with Gasteiger partial charge in [-0.25, -0.2) is 0 Å². The SMILES string of the molecule is CCCc1cccc(C=C(CC)COC(C)=O)c1. The summed E-state index contributed by atoms with van der Waals surface area (Å²) >= 11 is 0. The quantitative estimate of drug-likeness (QED) is 0.709. The van der Waals surface area contributed by atoms with Gasteiger partial charge in [-0.1, -0.05) is 50.6 Å². The van der Waals surface area contributed by atoms with Gasteiger partial charge in [-0.05, 0) is 29.5 Å². The maximum Gasteiger partial charge on any atom is 0.302 e. The Morgan fingerprint density at radius 2 is 2.11 bits per heavy atom. The molecule has 0 aliphatic heterocycles. The van der Waals surface area contributed by atoms with Gasteiger partial charge < -0.3 is 4.74 Å². The first-order valence-electron chi connectivity index (χ1n) is 6.57. The van der Waals surface area contributed by atoms with Gasteiger partial charge in [0.15, 0.2) is 0 Å². The molecule has 0 bridgehead atoms. The number of rotatable bonds is 6. The van der Waals surface area contributed by atoms with Crippen LogP contribution in [0.1, 0.15) is 44.7 Å². The maximum atomic E-state index is 10.8. The molecule has 0 saturated heterocycles. The summed E-state index contributed by atoms with van der Waals surface area (Å²) in [5.41, 5.74) is 3.68. The molecule has 0 aromatic heterocycles. The third-order valence-electron chi connectivity index (χ3n) is 2.78. The van der Waals surface area contributed by atoms with E-state index in [0.717, 1.165) is 24.8 Å². The predicted molar refractivity (Wildman–Crippen MR) is 75.3 cm³/mol. The van der Waals surface area contributed by atoms with E-state index in [4.69, 9.17) is 4.74 Å². The summed E-state index contributed by atoms with van der Waals surface area (Å²) in [6, 6.07) is 8.52. The van der Waals surface area contributed by atoms with Crippen LogP contribution in [0.5, 0.6) is 0 Å². The number of hydrogen-bond acceptors (Lipinski definition) is 2.